The van der Waals surface area contributed by atoms with Crippen LogP contribution in [-0.2, 0) is 17.8 Å². The van der Waals surface area contributed by atoms with E-state index in [0.29, 0.717) is 13.0 Å². The summed E-state index contributed by atoms with van der Waals surface area (Å²) in [6.07, 6.45) is 6.67. The highest BCUT2D eigenvalue weighted by molar-refractivity contribution is 6.12. The smallest absolute Gasteiger partial charge is 0.253 e. The number of anilines is 1. The summed E-state index contributed by atoms with van der Waals surface area (Å²) in [6.45, 7) is 2.71. The lowest BCUT2D eigenvalue weighted by atomic mass is 10.1. The monoisotopic (exact) mass is 268 g/mol. The molecule has 5 heteroatoms. The Morgan fingerprint density at radius 3 is 2.70 bits per heavy atom. The van der Waals surface area contributed by atoms with E-state index >= 15 is 0 Å². The zero-order chi connectivity index (χ0) is 13.9. The van der Waals surface area contributed by atoms with Crippen molar-refractivity contribution in [1.29, 1.82) is 0 Å². The number of aromatic nitrogens is 2. The first-order valence-electron chi connectivity index (χ1n) is 6.70. The van der Waals surface area contributed by atoms with Gasteiger partial charge >= 0.3 is 0 Å². The molecule has 5 nitrogen and oxygen atoms in total. The predicted molar refractivity (Wildman–Crippen MR) is 77.6 cm³/mol. The van der Waals surface area contributed by atoms with Crippen LogP contribution in [0, 0.1) is 0 Å². The molecule has 2 aromatic rings. The first-order valence-corrected chi connectivity index (χ1v) is 6.70. The molecule has 0 saturated heterocycles. The van der Waals surface area contributed by atoms with E-state index in [9.17, 15) is 4.79 Å². The van der Waals surface area contributed by atoms with Gasteiger partial charge in [0.15, 0.2) is 0 Å². The summed E-state index contributed by atoms with van der Waals surface area (Å²) in [6, 6.07) is 7.96. The molecule has 0 fully saturated rings. The highest BCUT2D eigenvalue weighted by atomic mass is 16.2. The van der Waals surface area contributed by atoms with Crippen LogP contribution in [0.3, 0.4) is 0 Å². The van der Waals surface area contributed by atoms with Crippen molar-refractivity contribution < 1.29 is 4.79 Å². The molecule has 0 atom stereocenters. The normalized spacial score (nSPS) is 14.8. The molecule has 102 valence electrons. The van der Waals surface area contributed by atoms with Gasteiger partial charge in [0.05, 0.1) is 30.7 Å². The summed E-state index contributed by atoms with van der Waals surface area (Å²) < 4.78 is 1.91. The molecule has 0 bridgehead atoms. The van der Waals surface area contributed by atoms with Crippen LogP contribution in [0.15, 0.2) is 48.1 Å². The Balaban J connectivity index is 1.78. The summed E-state index contributed by atoms with van der Waals surface area (Å²) >= 11 is 0. The Morgan fingerprint density at radius 1 is 1.25 bits per heavy atom. The number of hydrogen-bond acceptors (Lipinski definition) is 3. The Kier molecular flexibility index (Phi) is 3.33. The minimum Gasteiger partial charge on any atom is -0.332 e. The van der Waals surface area contributed by atoms with Crippen LogP contribution in [0.2, 0.25) is 0 Å². The van der Waals surface area contributed by atoms with Crippen LogP contribution in [0.4, 0.5) is 5.69 Å². The van der Waals surface area contributed by atoms with Gasteiger partial charge in [-0.05, 0) is 24.1 Å². The summed E-state index contributed by atoms with van der Waals surface area (Å²) in [7, 11) is 0. The Hall–Kier alpha value is -2.43. The lowest BCUT2D eigenvalue weighted by Crippen LogP contribution is -2.19. The molecule has 1 aromatic heterocycles. The molecular weight excluding hydrogens is 252 g/mol. The zero-order valence-corrected chi connectivity index (χ0v) is 11.4. The van der Waals surface area contributed by atoms with Crippen LogP contribution in [0.5, 0.6) is 0 Å². The van der Waals surface area contributed by atoms with Crippen molar-refractivity contribution in [2.45, 2.75) is 26.3 Å². The summed E-state index contributed by atoms with van der Waals surface area (Å²) in [4.78, 5) is 16.0. The number of benzene rings is 1. The Morgan fingerprint density at radius 2 is 2.05 bits per heavy atom. The number of hydrogen-bond donors (Lipinski definition) is 0. The van der Waals surface area contributed by atoms with E-state index in [1.807, 2.05) is 35.0 Å². The van der Waals surface area contributed by atoms with Crippen molar-refractivity contribution in [1.82, 2.24) is 9.55 Å². The number of nitrogens with zero attached hydrogens (tertiary/aromatic N) is 4. The van der Waals surface area contributed by atoms with Gasteiger partial charge in [0.25, 0.3) is 5.91 Å². The molecule has 0 aliphatic carbocycles. The molecule has 1 aromatic carbocycles. The number of carbonyl (C=O) groups is 1. The molecule has 2 heterocycles. The molecule has 0 unspecified atom stereocenters. The molecule has 0 spiro atoms. The average molecular weight is 268 g/mol. The maximum atomic E-state index is 12.1. The fourth-order valence-electron chi connectivity index (χ4n) is 2.24. The maximum Gasteiger partial charge on any atom is 0.253 e. The lowest BCUT2D eigenvalue weighted by molar-refractivity contribution is -0.116. The average Bonchev–Trinajstić information content (AvgIpc) is 3.09. The van der Waals surface area contributed by atoms with Gasteiger partial charge in [-0.25, -0.2) is 9.99 Å². The third kappa shape index (κ3) is 2.47. The highest BCUT2D eigenvalue weighted by Crippen LogP contribution is 2.21. The van der Waals surface area contributed by atoms with Crippen molar-refractivity contribution >= 4 is 17.3 Å². The molecule has 0 N–H and O–H groups in total. The first kappa shape index (κ1) is 12.6. The van der Waals surface area contributed by atoms with Gasteiger partial charge in [-0.1, -0.05) is 19.1 Å². The largest absolute Gasteiger partial charge is 0.332 e. The molecule has 1 aliphatic heterocycles. The number of amides is 1. The summed E-state index contributed by atoms with van der Waals surface area (Å²) in [5.74, 6) is 0.0179. The van der Waals surface area contributed by atoms with Gasteiger partial charge in [-0.15, -0.1) is 0 Å². The van der Waals surface area contributed by atoms with Gasteiger partial charge in [0.2, 0.25) is 0 Å². The van der Waals surface area contributed by atoms with E-state index in [4.69, 9.17) is 0 Å². The van der Waals surface area contributed by atoms with Gasteiger partial charge in [-0.3, -0.25) is 4.79 Å². The van der Waals surface area contributed by atoms with E-state index in [1.54, 1.807) is 12.5 Å². The standard InChI is InChI=1S/C15H16N4O/c1-2-12-3-5-14(6-4-12)19-15(20)9-13(17-19)10-18-8-7-16-11-18/h3-8,11H,2,9-10H2,1H3. The van der Waals surface area contributed by atoms with Crippen LogP contribution in [0.1, 0.15) is 18.9 Å². The second kappa shape index (κ2) is 5.28. The minimum atomic E-state index is 0.0179. The topological polar surface area (TPSA) is 50.5 Å². The summed E-state index contributed by atoms with van der Waals surface area (Å²) in [5.41, 5.74) is 2.93. The quantitative estimate of drug-likeness (QED) is 0.854. The van der Waals surface area contributed by atoms with Crippen molar-refractivity contribution in [2.75, 3.05) is 5.01 Å². The maximum absolute atomic E-state index is 12.1. The van der Waals surface area contributed by atoms with E-state index in [0.717, 1.165) is 17.8 Å². The highest BCUT2D eigenvalue weighted by Gasteiger charge is 2.25. The van der Waals surface area contributed by atoms with Crippen LogP contribution in [0.25, 0.3) is 0 Å². The first-order chi connectivity index (χ1) is 9.76. The number of rotatable bonds is 4. The number of aryl methyl sites for hydroxylation is 1. The van der Waals surface area contributed by atoms with E-state index in [-0.39, 0.29) is 5.91 Å². The van der Waals surface area contributed by atoms with Crippen molar-refractivity contribution in [3.05, 3.63) is 48.5 Å². The predicted octanol–water partition coefficient (Wildman–Crippen LogP) is 2.24. The van der Waals surface area contributed by atoms with Crippen molar-refractivity contribution in [3.8, 4) is 0 Å². The van der Waals surface area contributed by atoms with Gasteiger partial charge in [0.1, 0.15) is 0 Å². The molecule has 1 aliphatic rings. The molecule has 20 heavy (non-hydrogen) atoms. The van der Waals surface area contributed by atoms with Gasteiger partial charge in [0, 0.05) is 12.4 Å². The molecule has 0 saturated carbocycles. The minimum absolute atomic E-state index is 0.0179. The van der Waals surface area contributed by atoms with Crippen molar-refractivity contribution in [2.24, 2.45) is 5.10 Å². The Labute approximate surface area is 117 Å². The molecule has 0 radical (unpaired) electrons. The second-order valence-electron chi connectivity index (χ2n) is 4.80. The number of carbonyl (C=O) groups excluding carboxylic acids is 1. The third-order valence-corrected chi connectivity index (χ3v) is 3.35. The summed E-state index contributed by atoms with van der Waals surface area (Å²) in [5, 5.41) is 5.91. The lowest BCUT2D eigenvalue weighted by Gasteiger charge is -2.11. The van der Waals surface area contributed by atoms with Crippen LogP contribution < -0.4 is 5.01 Å². The van der Waals surface area contributed by atoms with Crippen LogP contribution >= 0.6 is 0 Å². The second-order valence-corrected chi connectivity index (χ2v) is 4.80. The van der Waals surface area contributed by atoms with E-state index in [2.05, 4.69) is 17.0 Å². The van der Waals surface area contributed by atoms with Gasteiger partial charge < -0.3 is 4.57 Å². The van der Waals surface area contributed by atoms with Crippen LogP contribution in [-0.4, -0.2) is 21.2 Å². The fourth-order valence-corrected chi connectivity index (χ4v) is 2.24. The number of imidazole rings is 1. The van der Waals surface area contributed by atoms with Crippen molar-refractivity contribution in [3.63, 3.8) is 0 Å². The zero-order valence-electron chi connectivity index (χ0n) is 11.4. The number of hydrazone groups is 1. The third-order valence-electron chi connectivity index (χ3n) is 3.35. The Bertz CT molecular complexity index is 628. The van der Waals surface area contributed by atoms with E-state index < -0.39 is 0 Å². The molecular formula is C15H16N4O. The fraction of sp³-hybridized carbons (Fsp3) is 0.267. The molecule has 1 amide bonds. The molecule has 3 rings (SSSR count). The van der Waals surface area contributed by atoms with E-state index in [1.165, 1.54) is 10.6 Å². The SMILES string of the molecule is CCc1ccc(N2N=C(Cn3ccnc3)CC2=O)cc1. The van der Waals surface area contributed by atoms with Gasteiger partial charge in [-0.2, -0.15) is 5.10 Å².